The van der Waals surface area contributed by atoms with Gasteiger partial charge in [-0.25, -0.2) is 0 Å². The van der Waals surface area contributed by atoms with Gasteiger partial charge in [0, 0.05) is 24.7 Å². The van der Waals surface area contributed by atoms with E-state index in [2.05, 4.69) is 15.5 Å². The second kappa shape index (κ2) is 9.42. The number of carbonyl (C=O) groups is 2. The Morgan fingerprint density at radius 2 is 1.83 bits per heavy atom. The predicted molar refractivity (Wildman–Crippen MR) is 97.3 cm³/mol. The molecular weight excluding hydrogens is 302 g/mol. The van der Waals surface area contributed by atoms with Crippen molar-refractivity contribution >= 4 is 17.5 Å². The Balaban J connectivity index is 1.78. The van der Waals surface area contributed by atoms with Gasteiger partial charge < -0.3 is 15.5 Å². The molecule has 1 heterocycles. The molecule has 5 nitrogen and oxygen atoms in total. The summed E-state index contributed by atoms with van der Waals surface area (Å²) in [7, 11) is 0. The van der Waals surface area contributed by atoms with Gasteiger partial charge in [-0.3, -0.25) is 9.59 Å². The molecule has 5 heteroatoms. The maximum absolute atomic E-state index is 12.3. The van der Waals surface area contributed by atoms with Crippen molar-refractivity contribution in [1.29, 1.82) is 0 Å². The number of hydrogen-bond acceptors (Lipinski definition) is 3. The third-order valence-corrected chi connectivity index (χ3v) is 4.45. The van der Waals surface area contributed by atoms with Crippen molar-refractivity contribution in [3.05, 3.63) is 29.3 Å². The first kappa shape index (κ1) is 18.5. The minimum atomic E-state index is -0.131. The average Bonchev–Trinajstić information content (AvgIpc) is 2.82. The Hall–Kier alpha value is -1.88. The van der Waals surface area contributed by atoms with Crippen LogP contribution in [-0.2, 0) is 4.79 Å². The van der Waals surface area contributed by atoms with Crippen molar-refractivity contribution in [2.75, 3.05) is 31.5 Å². The summed E-state index contributed by atoms with van der Waals surface area (Å²) in [4.78, 5) is 26.0. The van der Waals surface area contributed by atoms with Crippen molar-refractivity contribution < 1.29 is 9.59 Å². The highest BCUT2D eigenvalue weighted by Crippen LogP contribution is 2.17. The lowest BCUT2D eigenvalue weighted by atomic mass is 10.1. The average molecular weight is 331 g/mol. The summed E-state index contributed by atoms with van der Waals surface area (Å²) in [6, 6.07) is 5.39. The minimum Gasteiger partial charge on any atom is -0.352 e. The molecule has 0 spiro atoms. The number of aryl methyl sites for hydroxylation is 1. The fourth-order valence-corrected chi connectivity index (χ4v) is 3.05. The Labute approximate surface area is 144 Å². The molecule has 132 valence electrons. The highest BCUT2D eigenvalue weighted by atomic mass is 16.2. The van der Waals surface area contributed by atoms with E-state index in [0.29, 0.717) is 17.8 Å². The fourth-order valence-electron chi connectivity index (χ4n) is 3.05. The van der Waals surface area contributed by atoms with Crippen LogP contribution in [0.5, 0.6) is 0 Å². The normalized spacial score (nSPS) is 15.6. The number of nitrogens with one attached hydrogen (secondary N) is 2. The van der Waals surface area contributed by atoms with E-state index >= 15 is 0 Å². The Morgan fingerprint density at radius 3 is 2.50 bits per heavy atom. The quantitative estimate of drug-likeness (QED) is 0.788. The molecule has 0 aliphatic carbocycles. The SMILES string of the molecule is CC(=O)Nc1cc(C(=O)NCCCN2CCCCCC2)ccc1C. The number of carbonyl (C=O) groups excluding carboxylic acids is 2. The van der Waals surface area contributed by atoms with E-state index in [0.717, 1.165) is 18.5 Å². The van der Waals surface area contributed by atoms with Crippen LogP contribution in [-0.4, -0.2) is 42.9 Å². The summed E-state index contributed by atoms with van der Waals surface area (Å²) in [6.45, 7) is 7.48. The van der Waals surface area contributed by atoms with Gasteiger partial charge in [0.25, 0.3) is 5.91 Å². The Kier molecular flexibility index (Phi) is 7.25. The maximum Gasteiger partial charge on any atom is 0.251 e. The van der Waals surface area contributed by atoms with Crippen molar-refractivity contribution in [2.45, 2.75) is 46.0 Å². The molecule has 1 aliphatic rings. The molecule has 0 saturated carbocycles. The molecule has 1 fully saturated rings. The summed E-state index contributed by atoms with van der Waals surface area (Å²) >= 11 is 0. The van der Waals surface area contributed by atoms with Gasteiger partial charge in [0.1, 0.15) is 0 Å². The second-order valence-electron chi connectivity index (χ2n) is 6.58. The number of anilines is 1. The zero-order valence-electron chi connectivity index (χ0n) is 14.9. The number of likely N-dealkylation sites (tertiary alicyclic amines) is 1. The lowest BCUT2D eigenvalue weighted by Crippen LogP contribution is -2.30. The Morgan fingerprint density at radius 1 is 1.12 bits per heavy atom. The Bertz CT molecular complexity index is 564. The van der Waals surface area contributed by atoms with Gasteiger partial charge in [0.2, 0.25) is 5.91 Å². The van der Waals surface area contributed by atoms with E-state index in [-0.39, 0.29) is 11.8 Å². The predicted octanol–water partition coefficient (Wildman–Crippen LogP) is 2.95. The van der Waals surface area contributed by atoms with Gasteiger partial charge >= 0.3 is 0 Å². The van der Waals surface area contributed by atoms with Gasteiger partial charge in [-0.1, -0.05) is 18.9 Å². The van der Waals surface area contributed by atoms with Crippen LogP contribution in [0.4, 0.5) is 5.69 Å². The summed E-state index contributed by atoms with van der Waals surface area (Å²) in [5.74, 6) is -0.217. The van der Waals surface area contributed by atoms with Crippen LogP contribution in [0.2, 0.25) is 0 Å². The van der Waals surface area contributed by atoms with Gasteiger partial charge in [-0.05, 0) is 63.5 Å². The zero-order valence-corrected chi connectivity index (χ0v) is 14.9. The van der Waals surface area contributed by atoms with E-state index in [4.69, 9.17) is 0 Å². The molecule has 2 N–H and O–H groups in total. The van der Waals surface area contributed by atoms with Gasteiger partial charge in [-0.2, -0.15) is 0 Å². The summed E-state index contributed by atoms with van der Waals surface area (Å²) < 4.78 is 0. The third kappa shape index (κ3) is 5.96. The van der Waals surface area contributed by atoms with Gasteiger partial charge in [-0.15, -0.1) is 0 Å². The van der Waals surface area contributed by atoms with Crippen LogP contribution >= 0.6 is 0 Å². The van der Waals surface area contributed by atoms with E-state index in [1.54, 1.807) is 12.1 Å². The number of nitrogens with zero attached hydrogens (tertiary/aromatic N) is 1. The smallest absolute Gasteiger partial charge is 0.251 e. The molecule has 24 heavy (non-hydrogen) atoms. The van der Waals surface area contributed by atoms with E-state index in [9.17, 15) is 9.59 Å². The molecule has 1 aromatic carbocycles. The molecule has 0 radical (unpaired) electrons. The monoisotopic (exact) mass is 331 g/mol. The zero-order chi connectivity index (χ0) is 17.4. The van der Waals surface area contributed by atoms with Crippen molar-refractivity contribution in [3.8, 4) is 0 Å². The number of amides is 2. The first-order valence-corrected chi connectivity index (χ1v) is 8.95. The lowest BCUT2D eigenvalue weighted by Gasteiger charge is -2.19. The van der Waals surface area contributed by atoms with Crippen molar-refractivity contribution in [3.63, 3.8) is 0 Å². The maximum atomic E-state index is 12.3. The minimum absolute atomic E-state index is 0.0857. The number of rotatable bonds is 6. The van der Waals surface area contributed by atoms with E-state index < -0.39 is 0 Å². The van der Waals surface area contributed by atoms with Gasteiger partial charge in [0.15, 0.2) is 0 Å². The molecule has 0 aromatic heterocycles. The highest BCUT2D eigenvalue weighted by molar-refractivity contribution is 5.97. The summed E-state index contributed by atoms with van der Waals surface area (Å²) in [5, 5.41) is 5.73. The van der Waals surface area contributed by atoms with Gasteiger partial charge in [0.05, 0.1) is 0 Å². The summed E-state index contributed by atoms with van der Waals surface area (Å²) in [6.07, 6.45) is 6.24. The third-order valence-electron chi connectivity index (χ3n) is 4.45. The second-order valence-corrected chi connectivity index (χ2v) is 6.58. The first-order valence-electron chi connectivity index (χ1n) is 8.95. The molecule has 1 aliphatic heterocycles. The van der Waals surface area contributed by atoms with E-state index in [1.165, 1.54) is 45.7 Å². The van der Waals surface area contributed by atoms with Crippen LogP contribution in [0.15, 0.2) is 18.2 Å². The largest absolute Gasteiger partial charge is 0.352 e. The molecule has 2 amide bonds. The van der Waals surface area contributed by atoms with Crippen molar-refractivity contribution in [1.82, 2.24) is 10.2 Å². The molecule has 1 aromatic rings. The van der Waals surface area contributed by atoms with Crippen LogP contribution in [0.3, 0.4) is 0 Å². The van der Waals surface area contributed by atoms with Crippen LogP contribution in [0.1, 0.15) is 54.9 Å². The molecule has 1 saturated heterocycles. The topological polar surface area (TPSA) is 61.4 Å². The molecule has 0 atom stereocenters. The molecular formula is C19H29N3O2. The first-order chi connectivity index (χ1) is 11.6. The number of benzene rings is 1. The van der Waals surface area contributed by atoms with Crippen LogP contribution < -0.4 is 10.6 Å². The molecule has 2 rings (SSSR count). The fraction of sp³-hybridized carbons (Fsp3) is 0.579. The highest BCUT2D eigenvalue weighted by Gasteiger charge is 2.10. The standard InChI is InChI=1S/C19H29N3O2/c1-15-8-9-17(14-18(15)21-16(2)23)19(24)20-10-7-13-22-11-5-3-4-6-12-22/h8-9,14H,3-7,10-13H2,1-2H3,(H,20,24)(H,21,23). The van der Waals surface area contributed by atoms with E-state index in [1.807, 2.05) is 13.0 Å². The number of hydrogen-bond donors (Lipinski definition) is 2. The summed E-state index contributed by atoms with van der Waals surface area (Å²) in [5.41, 5.74) is 2.22. The van der Waals surface area contributed by atoms with Crippen molar-refractivity contribution in [2.24, 2.45) is 0 Å². The molecule has 0 unspecified atom stereocenters. The molecule has 0 bridgehead atoms. The van der Waals surface area contributed by atoms with Crippen LogP contribution in [0, 0.1) is 6.92 Å². The lowest BCUT2D eigenvalue weighted by molar-refractivity contribution is -0.114. The van der Waals surface area contributed by atoms with Crippen LogP contribution in [0.25, 0.3) is 0 Å².